The van der Waals surface area contributed by atoms with Crippen LogP contribution in [-0.2, 0) is 13.6 Å². The summed E-state index contributed by atoms with van der Waals surface area (Å²) >= 11 is 1.77. The van der Waals surface area contributed by atoms with Crippen molar-refractivity contribution in [3.05, 3.63) is 65.3 Å². The highest BCUT2D eigenvalue weighted by Crippen LogP contribution is 2.43. The Bertz CT molecular complexity index is 1810. The molecule has 39 heavy (non-hydrogen) atoms. The van der Waals surface area contributed by atoms with Gasteiger partial charge in [0.1, 0.15) is 11.3 Å². The predicted octanol–water partition coefficient (Wildman–Crippen LogP) is 6.14. The van der Waals surface area contributed by atoms with E-state index in [0.717, 1.165) is 48.6 Å². The molecule has 4 aromatic heterocycles. The normalized spacial score (nSPS) is 18.5. The van der Waals surface area contributed by atoms with E-state index >= 15 is 0 Å². The van der Waals surface area contributed by atoms with E-state index in [4.69, 9.17) is 9.72 Å². The number of pyridine rings is 1. The first-order chi connectivity index (χ1) is 19.1. The maximum Gasteiger partial charge on any atom is 0.254 e. The van der Waals surface area contributed by atoms with E-state index in [1.807, 2.05) is 36.5 Å². The summed E-state index contributed by atoms with van der Waals surface area (Å²) in [6.07, 6.45) is 9.69. The molecule has 2 aliphatic carbocycles. The Balaban J connectivity index is 1.27. The van der Waals surface area contributed by atoms with Crippen molar-refractivity contribution in [3.63, 3.8) is 0 Å². The Kier molecular flexibility index (Phi) is 5.04. The van der Waals surface area contributed by atoms with E-state index in [1.165, 1.54) is 39.8 Å². The molecule has 2 aliphatic heterocycles. The number of carbonyl (C=O) groups excluding carboxylic acids is 1. The van der Waals surface area contributed by atoms with Gasteiger partial charge < -0.3 is 18.8 Å². The van der Waals surface area contributed by atoms with E-state index in [2.05, 4.69) is 43.8 Å². The van der Waals surface area contributed by atoms with Gasteiger partial charge in [0.15, 0.2) is 5.82 Å². The fraction of sp³-hybridized carbons (Fsp3) is 0.323. The molecule has 2 fully saturated rings. The zero-order chi connectivity index (χ0) is 26.2. The number of benzene rings is 1. The van der Waals surface area contributed by atoms with E-state index in [-0.39, 0.29) is 5.91 Å². The highest BCUT2D eigenvalue weighted by atomic mass is 32.1. The number of hydrogen-bond acceptors (Lipinski definition) is 5. The van der Waals surface area contributed by atoms with Gasteiger partial charge in [0.2, 0.25) is 0 Å². The van der Waals surface area contributed by atoms with Crippen molar-refractivity contribution in [2.45, 2.75) is 25.8 Å². The van der Waals surface area contributed by atoms with Gasteiger partial charge >= 0.3 is 0 Å². The fourth-order valence-corrected chi connectivity index (χ4v) is 7.36. The Morgan fingerprint density at radius 1 is 1.15 bits per heavy atom. The molecule has 0 spiro atoms. The average molecular weight is 536 g/mol. The van der Waals surface area contributed by atoms with E-state index in [9.17, 15) is 4.79 Å². The number of ether oxygens (including phenoxy) is 1. The van der Waals surface area contributed by atoms with Crippen LogP contribution < -0.4 is 4.74 Å². The number of amides is 1. The standard InChI is InChI=1S/C31H29N5O2S/c1-34-29-24(11-22(12-26(29)38-2)31(37)35-14-19-9-20(10-19)15-35)33-30(34)25-13-27-28(36(25)16-18-3-4-18)23(17-39-27)21-5-7-32-8-6-21/h5-9,11-13,17-19H,3-4,10,14-16H2,1-2H3/t19-/m1/s1. The molecule has 1 atom stereocenters. The molecule has 0 unspecified atom stereocenters. The molecule has 196 valence electrons. The number of thiophene rings is 1. The van der Waals surface area contributed by atoms with Gasteiger partial charge in [-0.25, -0.2) is 4.98 Å². The summed E-state index contributed by atoms with van der Waals surface area (Å²) in [5.41, 5.74) is 8.49. The highest BCUT2D eigenvalue weighted by molar-refractivity contribution is 7.17. The quantitative estimate of drug-likeness (QED) is 0.245. The molecule has 1 amide bonds. The third-order valence-electron chi connectivity index (χ3n) is 8.51. The summed E-state index contributed by atoms with van der Waals surface area (Å²) in [7, 11) is 3.72. The molecule has 2 bridgehead atoms. The van der Waals surface area contributed by atoms with E-state index < -0.39 is 0 Å². The van der Waals surface area contributed by atoms with Gasteiger partial charge in [0, 0.05) is 55.6 Å². The second kappa shape index (κ2) is 8.55. The summed E-state index contributed by atoms with van der Waals surface area (Å²) < 4.78 is 11.7. The first-order valence-corrected chi connectivity index (χ1v) is 14.5. The molecular formula is C31H29N5O2S. The van der Waals surface area contributed by atoms with Crippen molar-refractivity contribution in [1.82, 2.24) is 24.0 Å². The molecule has 6 heterocycles. The van der Waals surface area contributed by atoms with E-state index in [0.29, 0.717) is 23.1 Å². The number of rotatable bonds is 6. The number of hydrogen-bond donors (Lipinski definition) is 0. The van der Waals surface area contributed by atoms with Crippen molar-refractivity contribution >= 4 is 38.5 Å². The number of aryl methyl sites for hydroxylation is 1. The molecule has 8 heteroatoms. The second-order valence-electron chi connectivity index (χ2n) is 11.2. The Hall–Kier alpha value is -3.91. The van der Waals surface area contributed by atoms with Gasteiger partial charge in [0.25, 0.3) is 5.91 Å². The van der Waals surface area contributed by atoms with Crippen LogP contribution in [0.2, 0.25) is 0 Å². The lowest BCUT2D eigenvalue weighted by Crippen LogP contribution is -2.44. The number of piperidine rings is 1. The number of aromatic nitrogens is 4. The molecule has 0 N–H and O–H groups in total. The molecular weight excluding hydrogens is 506 g/mol. The van der Waals surface area contributed by atoms with Crippen LogP contribution in [0.25, 0.3) is 43.9 Å². The number of fused-ring (bicyclic) bond motifs is 4. The summed E-state index contributed by atoms with van der Waals surface area (Å²) in [6.45, 7) is 2.50. The van der Waals surface area contributed by atoms with Crippen molar-refractivity contribution in [2.75, 3.05) is 20.2 Å². The number of imidazole rings is 1. The van der Waals surface area contributed by atoms with E-state index in [1.54, 1.807) is 18.4 Å². The SMILES string of the molecule is COc1cc(C(=O)N2CC3=C[C@H](C3)C2)cc2nc(-c3cc4scc(-c5ccncc5)c4n3CC3CC3)n(C)c12. The molecule has 7 nitrogen and oxygen atoms in total. The number of carbonyl (C=O) groups is 1. The summed E-state index contributed by atoms with van der Waals surface area (Å²) in [5.74, 6) is 2.83. The third-order valence-corrected chi connectivity index (χ3v) is 9.43. The summed E-state index contributed by atoms with van der Waals surface area (Å²) in [5, 5.41) is 2.25. The fourth-order valence-electron chi connectivity index (χ4n) is 6.36. The van der Waals surface area contributed by atoms with Crippen molar-refractivity contribution in [1.29, 1.82) is 0 Å². The monoisotopic (exact) mass is 535 g/mol. The van der Waals surface area contributed by atoms with Crippen molar-refractivity contribution < 1.29 is 9.53 Å². The first kappa shape index (κ1) is 23.0. The first-order valence-electron chi connectivity index (χ1n) is 13.6. The van der Waals surface area contributed by atoms with Crippen LogP contribution in [0, 0.1) is 11.8 Å². The Morgan fingerprint density at radius 2 is 1.97 bits per heavy atom. The largest absolute Gasteiger partial charge is 0.494 e. The molecule has 5 aromatic rings. The molecule has 9 rings (SSSR count). The predicted molar refractivity (Wildman–Crippen MR) is 154 cm³/mol. The second-order valence-corrected chi connectivity index (χ2v) is 12.1. The lowest BCUT2D eigenvalue weighted by Gasteiger charge is -2.40. The van der Waals surface area contributed by atoms with Crippen LogP contribution in [0.3, 0.4) is 0 Å². The maximum atomic E-state index is 13.5. The molecule has 1 saturated heterocycles. The topological polar surface area (TPSA) is 65.2 Å². The zero-order valence-corrected chi connectivity index (χ0v) is 22.9. The molecule has 4 aliphatic rings. The van der Waals surface area contributed by atoms with Crippen LogP contribution in [0.15, 0.2) is 59.8 Å². The van der Waals surface area contributed by atoms with Gasteiger partial charge in [-0.05, 0) is 67.0 Å². The van der Waals surface area contributed by atoms with Gasteiger partial charge in [-0.2, -0.15) is 0 Å². The molecule has 1 aromatic carbocycles. The summed E-state index contributed by atoms with van der Waals surface area (Å²) in [6, 6.07) is 10.3. The molecule has 0 radical (unpaired) electrons. The lowest BCUT2D eigenvalue weighted by molar-refractivity contribution is 0.0711. The van der Waals surface area contributed by atoms with Gasteiger partial charge in [-0.3, -0.25) is 9.78 Å². The van der Waals surface area contributed by atoms with Crippen LogP contribution >= 0.6 is 11.3 Å². The Morgan fingerprint density at radius 3 is 2.69 bits per heavy atom. The lowest BCUT2D eigenvalue weighted by atomic mass is 9.82. The minimum absolute atomic E-state index is 0.0531. The van der Waals surface area contributed by atoms with Gasteiger partial charge in [-0.1, -0.05) is 11.6 Å². The Labute approximate surface area is 230 Å². The van der Waals surface area contributed by atoms with Gasteiger partial charge in [-0.15, -0.1) is 11.3 Å². The minimum Gasteiger partial charge on any atom is -0.494 e. The zero-order valence-electron chi connectivity index (χ0n) is 22.1. The highest BCUT2D eigenvalue weighted by Gasteiger charge is 2.33. The maximum absolute atomic E-state index is 13.5. The van der Waals surface area contributed by atoms with Gasteiger partial charge in [0.05, 0.1) is 28.5 Å². The van der Waals surface area contributed by atoms with Crippen LogP contribution in [-0.4, -0.2) is 50.1 Å². The van der Waals surface area contributed by atoms with Crippen LogP contribution in [0.4, 0.5) is 0 Å². The smallest absolute Gasteiger partial charge is 0.254 e. The average Bonchev–Trinajstić information content (AvgIpc) is 3.44. The van der Waals surface area contributed by atoms with Crippen molar-refractivity contribution in [2.24, 2.45) is 18.9 Å². The van der Waals surface area contributed by atoms with Crippen LogP contribution in [0.5, 0.6) is 5.75 Å². The van der Waals surface area contributed by atoms with Crippen LogP contribution in [0.1, 0.15) is 29.6 Å². The third kappa shape index (κ3) is 3.65. The minimum atomic E-state index is 0.0531. The summed E-state index contributed by atoms with van der Waals surface area (Å²) in [4.78, 5) is 24.8. The number of nitrogens with zero attached hydrogens (tertiary/aromatic N) is 5. The number of methoxy groups -OCH3 is 1. The molecule has 1 saturated carbocycles. The van der Waals surface area contributed by atoms with Crippen molar-refractivity contribution in [3.8, 4) is 28.4 Å².